The van der Waals surface area contributed by atoms with Crippen molar-refractivity contribution in [1.82, 2.24) is 10.3 Å². The van der Waals surface area contributed by atoms with Crippen molar-refractivity contribution in [2.24, 2.45) is 11.7 Å². The smallest absolute Gasteiger partial charge is 0.408 e. The van der Waals surface area contributed by atoms with E-state index in [-0.39, 0.29) is 17.9 Å². The van der Waals surface area contributed by atoms with E-state index in [0.717, 1.165) is 34.4 Å². The number of aromatic nitrogens is 1. The van der Waals surface area contributed by atoms with Crippen molar-refractivity contribution in [2.45, 2.75) is 65.1 Å². The quantitative estimate of drug-likeness (QED) is 0.657. The lowest BCUT2D eigenvalue weighted by molar-refractivity contribution is -0.119. The normalized spacial score (nSPS) is 19.3. The Balaban J connectivity index is 2.01. The molecule has 0 aliphatic carbocycles. The molecule has 0 saturated carbocycles. The standard InChI is InChI=1S/C24H32N4O3/c1-15-6-5-7-20(28-23(30)31-24(2,3)4)18-11-17(13-26-14-18)19-9-8-16(12-25)10-21(19)27-22(15)29/h8-11,13-15,20H,5-7,12,25H2,1-4H3,(H,27,29)(H,28,30)/t15-,20+/m1/s1. The minimum absolute atomic E-state index is 0.0308. The lowest BCUT2D eigenvalue weighted by Crippen LogP contribution is -2.35. The fourth-order valence-electron chi connectivity index (χ4n) is 3.66. The van der Waals surface area contributed by atoms with Crippen LogP contribution in [-0.4, -0.2) is 22.6 Å². The van der Waals surface area contributed by atoms with Crippen molar-refractivity contribution in [1.29, 1.82) is 0 Å². The molecule has 4 N–H and O–H groups in total. The average molecular weight is 425 g/mol. The number of fused-ring (bicyclic) bond motifs is 4. The predicted molar refractivity (Wildman–Crippen MR) is 121 cm³/mol. The second-order valence-corrected chi connectivity index (χ2v) is 9.11. The molecule has 166 valence electrons. The van der Waals surface area contributed by atoms with Gasteiger partial charge in [-0.25, -0.2) is 4.79 Å². The number of benzene rings is 1. The zero-order chi connectivity index (χ0) is 22.6. The Morgan fingerprint density at radius 3 is 2.74 bits per heavy atom. The molecule has 1 aliphatic heterocycles. The van der Waals surface area contributed by atoms with Crippen molar-refractivity contribution in [3.8, 4) is 11.1 Å². The molecule has 1 aliphatic rings. The lowest BCUT2D eigenvalue weighted by atomic mass is 9.94. The molecule has 2 aromatic rings. The van der Waals surface area contributed by atoms with Gasteiger partial charge in [-0.2, -0.15) is 0 Å². The van der Waals surface area contributed by atoms with Crippen LogP contribution in [0.4, 0.5) is 10.5 Å². The Morgan fingerprint density at radius 2 is 2.03 bits per heavy atom. The van der Waals surface area contributed by atoms with Crippen LogP contribution in [0, 0.1) is 5.92 Å². The number of nitrogens with one attached hydrogen (secondary N) is 2. The Hall–Kier alpha value is -2.93. The Bertz CT molecular complexity index is 952. The van der Waals surface area contributed by atoms with E-state index in [1.807, 2.05) is 52.0 Å². The number of hydrogen-bond donors (Lipinski definition) is 3. The van der Waals surface area contributed by atoms with E-state index in [2.05, 4.69) is 15.6 Å². The molecule has 2 bridgehead atoms. The van der Waals surface area contributed by atoms with Crippen LogP contribution in [0.3, 0.4) is 0 Å². The summed E-state index contributed by atoms with van der Waals surface area (Å²) in [5, 5.41) is 6.06. The monoisotopic (exact) mass is 424 g/mol. The summed E-state index contributed by atoms with van der Waals surface area (Å²) >= 11 is 0. The van der Waals surface area contributed by atoms with E-state index in [1.54, 1.807) is 12.4 Å². The van der Waals surface area contributed by atoms with E-state index < -0.39 is 11.7 Å². The van der Waals surface area contributed by atoms with Crippen molar-refractivity contribution >= 4 is 17.7 Å². The largest absolute Gasteiger partial charge is 0.444 e. The second kappa shape index (κ2) is 9.47. The van der Waals surface area contributed by atoms with Crippen molar-refractivity contribution in [3.05, 3.63) is 47.8 Å². The van der Waals surface area contributed by atoms with Crippen LogP contribution in [0.5, 0.6) is 0 Å². The van der Waals surface area contributed by atoms with Crippen LogP contribution in [0.1, 0.15) is 64.1 Å². The fourth-order valence-corrected chi connectivity index (χ4v) is 3.66. The molecule has 1 aromatic carbocycles. The molecular weight excluding hydrogens is 392 g/mol. The first-order valence-electron chi connectivity index (χ1n) is 10.7. The predicted octanol–water partition coefficient (Wildman–Crippen LogP) is 4.53. The molecule has 31 heavy (non-hydrogen) atoms. The van der Waals surface area contributed by atoms with Gasteiger partial charge in [-0.15, -0.1) is 0 Å². The number of pyridine rings is 1. The van der Waals surface area contributed by atoms with Crippen molar-refractivity contribution < 1.29 is 14.3 Å². The second-order valence-electron chi connectivity index (χ2n) is 9.11. The van der Waals surface area contributed by atoms with Crippen LogP contribution >= 0.6 is 0 Å². The van der Waals surface area contributed by atoms with Crippen LogP contribution in [0.25, 0.3) is 11.1 Å². The molecule has 2 heterocycles. The molecule has 0 fully saturated rings. The maximum atomic E-state index is 12.8. The first kappa shape index (κ1) is 22.7. The fraction of sp³-hybridized carbons (Fsp3) is 0.458. The number of carbonyl (C=O) groups is 2. The van der Waals surface area contributed by atoms with Crippen LogP contribution in [0.15, 0.2) is 36.7 Å². The SMILES string of the molecule is C[C@@H]1CCC[C@H](NC(=O)OC(C)(C)C)c2cncc(c2)-c2ccc(CN)cc2NC1=O. The van der Waals surface area contributed by atoms with Gasteiger partial charge in [0.05, 0.1) is 6.04 Å². The van der Waals surface area contributed by atoms with E-state index in [1.165, 1.54) is 0 Å². The molecule has 0 saturated heterocycles. The first-order valence-corrected chi connectivity index (χ1v) is 10.7. The molecular formula is C24H32N4O3. The number of alkyl carbamates (subject to hydrolysis) is 1. The van der Waals surface area contributed by atoms with Gasteiger partial charge in [0.25, 0.3) is 0 Å². The molecule has 1 aromatic heterocycles. The summed E-state index contributed by atoms with van der Waals surface area (Å²) in [5.41, 5.74) is 9.51. The van der Waals surface area contributed by atoms with Gasteiger partial charge in [0.1, 0.15) is 5.60 Å². The summed E-state index contributed by atoms with van der Waals surface area (Å²) in [6.45, 7) is 7.82. The van der Waals surface area contributed by atoms with E-state index in [9.17, 15) is 9.59 Å². The third-order valence-corrected chi connectivity index (χ3v) is 5.32. The van der Waals surface area contributed by atoms with Crippen LogP contribution in [-0.2, 0) is 16.1 Å². The number of ether oxygens (including phenoxy) is 1. The van der Waals surface area contributed by atoms with Crippen molar-refractivity contribution in [3.63, 3.8) is 0 Å². The topological polar surface area (TPSA) is 106 Å². The van der Waals surface area contributed by atoms with E-state index >= 15 is 0 Å². The number of carbonyl (C=O) groups excluding carboxylic acids is 2. The number of anilines is 1. The highest BCUT2D eigenvalue weighted by molar-refractivity contribution is 5.96. The number of nitrogens with zero attached hydrogens (tertiary/aromatic N) is 1. The summed E-state index contributed by atoms with van der Waals surface area (Å²) < 4.78 is 5.46. The van der Waals surface area contributed by atoms with Gasteiger partial charge in [0, 0.05) is 41.7 Å². The Kier molecular flexibility index (Phi) is 6.95. The third kappa shape index (κ3) is 6.04. The maximum absolute atomic E-state index is 12.8. The third-order valence-electron chi connectivity index (χ3n) is 5.32. The van der Waals surface area contributed by atoms with Gasteiger partial charge in [-0.05, 0) is 56.9 Å². The molecule has 7 heteroatoms. The van der Waals surface area contributed by atoms with Crippen LogP contribution in [0.2, 0.25) is 0 Å². The van der Waals surface area contributed by atoms with Gasteiger partial charge < -0.3 is 21.1 Å². The summed E-state index contributed by atoms with van der Waals surface area (Å²) in [5.74, 6) is -0.191. The molecule has 0 unspecified atom stereocenters. The van der Waals surface area contributed by atoms with Crippen molar-refractivity contribution in [2.75, 3.05) is 5.32 Å². The highest BCUT2D eigenvalue weighted by atomic mass is 16.6. The Morgan fingerprint density at radius 1 is 1.26 bits per heavy atom. The molecule has 0 spiro atoms. The molecule has 2 amide bonds. The number of rotatable bonds is 2. The molecule has 3 rings (SSSR count). The number of hydrogen-bond acceptors (Lipinski definition) is 5. The van der Waals surface area contributed by atoms with Gasteiger partial charge >= 0.3 is 6.09 Å². The number of nitrogens with two attached hydrogens (primary N) is 1. The molecule has 2 atom stereocenters. The average Bonchev–Trinajstić information content (AvgIpc) is 2.71. The zero-order valence-electron chi connectivity index (χ0n) is 18.7. The van der Waals surface area contributed by atoms with Gasteiger partial charge in [-0.1, -0.05) is 25.5 Å². The minimum Gasteiger partial charge on any atom is -0.444 e. The van der Waals surface area contributed by atoms with Crippen LogP contribution < -0.4 is 16.4 Å². The highest BCUT2D eigenvalue weighted by Gasteiger charge is 2.23. The van der Waals surface area contributed by atoms with Gasteiger partial charge in [0.2, 0.25) is 5.91 Å². The minimum atomic E-state index is -0.582. The molecule has 0 radical (unpaired) electrons. The summed E-state index contributed by atoms with van der Waals surface area (Å²) in [7, 11) is 0. The van der Waals surface area contributed by atoms with Gasteiger partial charge in [0.15, 0.2) is 0 Å². The van der Waals surface area contributed by atoms with E-state index in [4.69, 9.17) is 10.5 Å². The maximum Gasteiger partial charge on any atom is 0.408 e. The highest BCUT2D eigenvalue weighted by Crippen LogP contribution is 2.33. The summed E-state index contributed by atoms with van der Waals surface area (Å²) in [4.78, 5) is 29.7. The van der Waals surface area contributed by atoms with E-state index in [0.29, 0.717) is 19.4 Å². The Labute approximate surface area is 183 Å². The molecule has 7 nitrogen and oxygen atoms in total. The summed E-state index contributed by atoms with van der Waals surface area (Å²) in [6.07, 6.45) is 5.23. The van der Waals surface area contributed by atoms with Gasteiger partial charge in [-0.3, -0.25) is 9.78 Å². The lowest BCUT2D eigenvalue weighted by Gasteiger charge is -2.25. The summed E-state index contributed by atoms with van der Waals surface area (Å²) in [6, 6.07) is 7.56. The number of amides is 2. The first-order chi connectivity index (χ1) is 14.7. The zero-order valence-corrected chi connectivity index (χ0v) is 18.7.